The Kier molecular flexibility index (Phi) is 12.7. The van der Waals surface area contributed by atoms with Crippen molar-refractivity contribution in [2.45, 2.75) is 140 Å². The van der Waals surface area contributed by atoms with Crippen LogP contribution in [0.2, 0.25) is 0 Å². The van der Waals surface area contributed by atoms with Gasteiger partial charge in [0.15, 0.2) is 0 Å². The number of carbonyl (C=O) groups is 1. The minimum Gasteiger partial charge on any atom is -0.465 e. The number of esters is 1. The molecule has 79 heavy (non-hydrogen) atoms. The zero-order chi connectivity index (χ0) is 56.5. The number of carbonyl (C=O) groups excluding carboxylic acids is 1. The van der Waals surface area contributed by atoms with Crippen LogP contribution in [0.5, 0.6) is 11.5 Å². The Morgan fingerprint density at radius 3 is 1.44 bits per heavy atom. The lowest BCUT2D eigenvalue weighted by molar-refractivity contribution is 0.0597. The number of nitrogens with zero attached hydrogens (tertiary/aromatic N) is 1. The molecular formula is C72H76N4O3. The second kappa shape index (κ2) is 18.9. The normalized spacial score (nSPS) is 18.5. The zero-order valence-electron chi connectivity index (χ0n) is 49.6. The summed E-state index contributed by atoms with van der Waals surface area (Å²) in [6.45, 7) is 37.8. The molecule has 1 atom stereocenters. The van der Waals surface area contributed by atoms with Crippen molar-refractivity contribution >= 4 is 34.0 Å². The van der Waals surface area contributed by atoms with Crippen LogP contribution in [0.1, 0.15) is 172 Å². The van der Waals surface area contributed by atoms with Gasteiger partial charge in [-0.25, -0.2) is 4.79 Å². The molecule has 8 bridgehead atoms. The van der Waals surface area contributed by atoms with Gasteiger partial charge in [-0.2, -0.15) is 0 Å². The summed E-state index contributed by atoms with van der Waals surface area (Å²) < 4.78 is 13.0. The quantitative estimate of drug-likeness (QED) is 0.150. The van der Waals surface area contributed by atoms with Gasteiger partial charge in [0.25, 0.3) is 0 Å². The van der Waals surface area contributed by atoms with Gasteiger partial charge in [0.2, 0.25) is 0 Å². The van der Waals surface area contributed by atoms with E-state index in [0.717, 1.165) is 88.6 Å². The molecule has 0 fully saturated rings. The van der Waals surface area contributed by atoms with Gasteiger partial charge < -0.3 is 24.4 Å². The maximum absolute atomic E-state index is 14.1. The topological polar surface area (TPSA) is 95.3 Å². The molecule has 0 saturated heterocycles. The van der Waals surface area contributed by atoms with Gasteiger partial charge in [-0.3, -0.25) is 4.99 Å². The molecular weight excluding hydrogens is 969 g/mol. The number of hydrogen-bond acceptors (Lipinski definition) is 4. The summed E-state index contributed by atoms with van der Waals surface area (Å²) in [7, 11) is 1.45. The Morgan fingerprint density at radius 1 is 0.532 bits per heavy atom. The Balaban J connectivity index is 1.32. The van der Waals surface area contributed by atoms with E-state index >= 15 is 0 Å². The third-order valence-corrected chi connectivity index (χ3v) is 16.9. The second-order valence-electron chi connectivity index (χ2n) is 25.6. The third kappa shape index (κ3) is 9.00. The predicted molar refractivity (Wildman–Crippen MR) is 325 cm³/mol. The van der Waals surface area contributed by atoms with Crippen LogP contribution in [0.25, 0.3) is 22.3 Å². The van der Waals surface area contributed by atoms with Gasteiger partial charge in [0.1, 0.15) is 17.1 Å². The minimum atomic E-state index is -0.607. The lowest BCUT2D eigenvalue weighted by Gasteiger charge is -2.39. The van der Waals surface area contributed by atoms with Crippen LogP contribution in [0.4, 0.5) is 0 Å². The summed E-state index contributed by atoms with van der Waals surface area (Å²) in [6.07, 6.45) is 4.48. The first-order valence-electron chi connectivity index (χ1n) is 28.0. The number of aromatic nitrogens is 3. The average molecular weight is 1050 g/mol. The number of H-pyrrole nitrogens is 3. The number of aryl methyl sites for hydroxylation is 9. The molecule has 5 aromatic carbocycles. The molecule has 3 aliphatic heterocycles. The van der Waals surface area contributed by atoms with E-state index in [2.05, 4.69) is 236 Å². The highest BCUT2D eigenvalue weighted by atomic mass is 16.5. The molecule has 1 unspecified atom stereocenters. The van der Waals surface area contributed by atoms with Gasteiger partial charge >= 0.3 is 5.97 Å². The van der Waals surface area contributed by atoms with Crippen LogP contribution < -0.4 is 26.1 Å². The lowest BCUT2D eigenvalue weighted by atomic mass is 9.70. The summed E-state index contributed by atoms with van der Waals surface area (Å²) in [4.78, 5) is 32.2. The number of aromatic amines is 3. The first-order valence-corrected chi connectivity index (χ1v) is 28.0. The highest BCUT2D eigenvalue weighted by Crippen LogP contribution is 2.54. The summed E-state index contributed by atoms with van der Waals surface area (Å²) in [5, 5.41) is 3.87. The highest BCUT2D eigenvalue weighted by molar-refractivity contribution is 6.30. The fourth-order valence-corrected chi connectivity index (χ4v) is 13.2. The Morgan fingerprint density at radius 2 is 0.962 bits per heavy atom. The molecule has 0 aliphatic carbocycles. The summed E-state index contributed by atoms with van der Waals surface area (Å²) in [5.74, 6) is 0.773. The number of hydrogen-bond donors (Lipinski definition) is 3. The molecule has 11 rings (SSSR count). The van der Waals surface area contributed by atoms with E-state index in [9.17, 15) is 4.79 Å². The molecule has 6 heterocycles. The molecule has 7 nitrogen and oxygen atoms in total. The van der Waals surface area contributed by atoms with Crippen molar-refractivity contribution in [1.29, 1.82) is 0 Å². The molecule has 0 saturated carbocycles. The number of ether oxygens (including phenoxy) is 2. The molecule has 7 heteroatoms. The van der Waals surface area contributed by atoms with Crippen LogP contribution >= 0.6 is 0 Å². The van der Waals surface area contributed by atoms with E-state index in [1.165, 1.54) is 73.9 Å². The molecule has 402 valence electrons. The van der Waals surface area contributed by atoms with E-state index in [0.29, 0.717) is 17.1 Å². The van der Waals surface area contributed by atoms with E-state index in [-0.39, 0.29) is 16.9 Å². The third-order valence-electron chi connectivity index (χ3n) is 16.9. The fourth-order valence-electron chi connectivity index (χ4n) is 13.2. The first kappa shape index (κ1) is 53.1. The second-order valence-corrected chi connectivity index (χ2v) is 25.6. The van der Waals surface area contributed by atoms with Crippen molar-refractivity contribution in [2.75, 3.05) is 7.11 Å². The molecule has 3 N–H and O–H groups in total. The van der Waals surface area contributed by atoms with Crippen molar-refractivity contribution in [3.8, 4) is 11.5 Å². The standard InChI is InChI=1S/C72H76N4O3/c1-37-27-40(4)60(41(5)28-37)64-54-21-19-52(73-54)63(48-33-46(70(10,11)12)35-50-67(48)79-68-49(69(77)78-18)34-47(71(13,14)15)36-51(68)72(50,16)17)53-20-22-55(74-53)65(61-42(6)29-38(2)30-43(61)7)57-24-26-59(76-57)66(58-25-23-56(64)75-58)62-44(8)31-39(3)32-45(62)9/h19-36,54,74-76H,1-18H3/b63-53-,64-56+,65-55+,66-58+. The largest absolute Gasteiger partial charge is 0.465 e. The van der Waals surface area contributed by atoms with Crippen LogP contribution in [0.3, 0.4) is 0 Å². The minimum absolute atomic E-state index is 0.249. The number of allylic oxidation sites excluding steroid dienone is 1. The van der Waals surface area contributed by atoms with Crippen molar-refractivity contribution in [3.05, 3.63) is 242 Å². The molecule has 3 aromatic heterocycles. The van der Waals surface area contributed by atoms with Crippen LogP contribution in [-0.2, 0) is 21.0 Å². The lowest BCUT2D eigenvalue weighted by Crippen LogP contribution is -2.30. The fraction of sp³-hybridized carbons (Fsp3) is 0.306. The smallest absolute Gasteiger partial charge is 0.341 e. The Labute approximate surface area is 466 Å². The van der Waals surface area contributed by atoms with Gasteiger partial charge in [0, 0.05) is 77.2 Å². The Bertz CT molecular complexity index is 4190. The average Bonchev–Trinajstić information content (AvgIpc) is 4.05. The van der Waals surface area contributed by atoms with Crippen molar-refractivity contribution in [3.63, 3.8) is 0 Å². The number of aliphatic imine (C=N–C) groups is 1. The van der Waals surface area contributed by atoms with Gasteiger partial charge in [-0.05, 0) is 189 Å². The molecule has 0 amide bonds. The number of methoxy groups -OCH3 is 1. The summed E-state index contributed by atoms with van der Waals surface area (Å²) in [5.41, 5.74) is 25.8. The molecule has 8 aromatic rings. The van der Waals surface area contributed by atoms with Crippen molar-refractivity contribution in [1.82, 2.24) is 15.0 Å². The van der Waals surface area contributed by atoms with Crippen molar-refractivity contribution in [2.24, 2.45) is 4.99 Å². The van der Waals surface area contributed by atoms with Crippen LogP contribution in [0.15, 0.2) is 114 Å². The summed E-state index contributed by atoms with van der Waals surface area (Å²) in [6, 6.07) is 35.7. The maximum atomic E-state index is 14.1. The van der Waals surface area contributed by atoms with Crippen LogP contribution in [0, 0.1) is 62.3 Å². The first-order chi connectivity index (χ1) is 37.2. The Hall–Kier alpha value is -7.90. The van der Waals surface area contributed by atoms with E-state index in [4.69, 9.17) is 14.5 Å². The van der Waals surface area contributed by atoms with Gasteiger partial charge in [-0.15, -0.1) is 0 Å². The van der Waals surface area contributed by atoms with E-state index < -0.39 is 11.4 Å². The van der Waals surface area contributed by atoms with Crippen molar-refractivity contribution < 1.29 is 14.3 Å². The van der Waals surface area contributed by atoms with E-state index in [1.54, 1.807) is 0 Å². The number of rotatable bonds is 5. The van der Waals surface area contributed by atoms with Crippen LogP contribution in [-0.4, -0.2) is 39.8 Å². The maximum Gasteiger partial charge on any atom is 0.341 e. The predicted octanol–water partition coefficient (Wildman–Crippen LogP) is 13.5. The SMILES string of the molecule is COC(=O)c1cc(C(C)(C)C)cc2c1Oc1c(/C3=c4\cc/c([nH]4)=C(\c4c(C)cc(C)cc4C)c4ccc([nH]4)/C(c4c(C)cc(C)cc4C)=c4/cc/c([nH]4)=C(\c4c(C)cc(C)cc4C)C4C=CC3=N4)cc(C(C)(C)C)cc1C2(C)C. The number of fused-ring (bicyclic) bond motifs is 9. The number of nitrogens with one attached hydrogen (secondary N) is 3. The van der Waals surface area contributed by atoms with Gasteiger partial charge in [-0.1, -0.05) is 127 Å². The monoisotopic (exact) mass is 1040 g/mol. The van der Waals surface area contributed by atoms with E-state index in [1.807, 2.05) is 6.07 Å². The molecule has 3 aliphatic rings. The summed E-state index contributed by atoms with van der Waals surface area (Å²) >= 11 is 0. The zero-order valence-corrected chi connectivity index (χ0v) is 49.6. The van der Waals surface area contributed by atoms with Gasteiger partial charge in [0.05, 0.1) is 18.9 Å². The molecule has 0 radical (unpaired) electrons. The number of benzene rings is 5. The highest BCUT2D eigenvalue weighted by Gasteiger charge is 2.41. The molecule has 0 spiro atoms.